The van der Waals surface area contributed by atoms with Crippen LogP contribution in [-0.4, -0.2) is 37.9 Å². The number of carboxylic acids is 1. The Morgan fingerprint density at radius 3 is 3.00 bits per heavy atom. The molecule has 0 saturated heterocycles. The lowest BCUT2D eigenvalue weighted by Gasteiger charge is -2.31. The quantitative estimate of drug-likeness (QED) is 0.903. The van der Waals surface area contributed by atoms with Crippen molar-refractivity contribution in [2.75, 3.05) is 0 Å². The molecule has 0 aromatic carbocycles. The molecule has 2 aromatic heterocycles. The van der Waals surface area contributed by atoms with Crippen molar-refractivity contribution in [2.45, 2.75) is 32.4 Å². The Morgan fingerprint density at radius 1 is 1.52 bits per heavy atom. The van der Waals surface area contributed by atoms with Crippen molar-refractivity contribution in [3.05, 3.63) is 39.6 Å². The molecule has 1 aliphatic rings. The van der Waals surface area contributed by atoms with Crippen molar-refractivity contribution in [2.24, 2.45) is 0 Å². The van der Waals surface area contributed by atoms with Crippen LogP contribution in [-0.2, 0) is 24.2 Å². The third-order valence-electron chi connectivity index (χ3n) is 3.67. The number of nitrogens with zero attached hydrogens (tertiary/aromatic N) is 2. The van der Waals surface area contributed by atoms with Gasteiger partial charge in [0.1, 0.15) is 6.04 Å². The van der Waals surface area contributed by atoms with Gasteiger partial charge < -0.3 is 15.0 Å². The molecule has 0 fully saturated rings. The number of hydrogen-bond acceptors (Lipinski definition) is 4. The minimum absolute atomic E-state index is 0.229. The zero-order valence-electron chi connectivity index (χ0n) is 11.5. The van der Waals surface area contributed by atoms with Gasteiger partial charge in [-0.1, -0.05) is 6.92 Å². The highest BCUT2D eigenvalue weighted by molar-refractivity contribution is 7.14. The number of imidazole rings is 1. The summed E-state index contributed by atoms with van der Waals surface area (Å²) in [6, 6.07) is 2.83. The summed E-state index contributed by atoms with van der Waals surface area (Å²) in [7, 11) is 0. The minimum atomic E-state index is -0.996. The molecule has 2 aromatic rings. The van der Waals surface area contributed by atoms with Gasteiger partial charge in [0.2, 0.25) is 0 Å². The van der Waals surface area contributed by atoms with Gasteiger partial charge in [0, 0.05) is 11.3 Å². The summed E-state index contributed by atoms with van der Waals surface area (Å²) in [5, 5.41) is 9.39. The predicted octanol–water partition coefficient (Wildman–Crippen LogP) is 1.69. The highest BCUT2D eigenvalue weighted by atomic mass is 32.1. The van der Waals surface area contributed by atoms with E-state index in [4.69, 9.17) is 0 Å². The van der Waals surface area contributed by atoms with E-state index in [9.17, 15) is 14.7 Å². The smallest absolute Gasteiger partial charge is 0.326 e. The fourth-order valence-corrected chi connectivity index (χ4v) is 3.40. The van der Waals surface area contributed by atoms with Gasteiger partial charge in [-0.15, -0.1) is 11.3 Å². The summed E-state index contributed by atoms with van der Waals surface area (Å²) in [6.45, 7) is 2.28. The topological polar surface area (TPSA) is 86.3 Å². The maximum Gasteiger partial charge on any atom is 0.326 e. The molecule has 1 amide bonds. The second kappa shape index (κ2) is 5.33. The normalized spacial score (nSPS) is 17.6. The number of carboxylic acid groups (broad SMARTS) is 1. The SMILES string of the molecule is CCc1ccc(C(=O)N2Cc3[nH]cnc3CC2C(=O)O)s1. The number of nitrogens with one attached hydrogen (secondary N) is 1. The predicted molar refractivity (Wildman–Crippen MR) is 77.3 cm³/mol. The van der Waals surface area contributed by atoms with E-state index >= 15 is 0 Å². The minimum Gasteiger partial charge on any atom is -0.480 e. The van der Waals surface area contributed by atoms with E-state index in [2.05, 4.69) is 9.97 Å². The first kappa shape index (κ1) is 13.8. The van der Waals surface area contributed by atoms with E-state index in [1.54, 1.807) is 6.07 Å². The Balaban J connectivity index is 1.91. The molecule has 7 heteroatoms. The Morgan fingerprint density at radius 2 is 2.33 bits per heavy atom. The molecule has 1 atom stereocenters. The third-order valence-corrected chi connectivity index (χ3v) is 4.88. The maximum absolute atomic E-state index is 12.6. The Kier molecular flexibility index (Phi) is 3.50. The van der Waals surface area contributed by atoms with Crippen LogP contribution in [0.15, 0.2) is 18.5 Å². The summed E-state index contributed by atoms with van der Waals surface area (Å²) in [5.41, 5.74) is 1.54. The molecule has 21 heavy (non-hydrogen) atoms. The molecule has 1 aliphatic heterocycles. The second-order valence-corrected chi connectivity index (χ2v) is 6.11. The zero-order chi connectivity index (χ0) is 15.0. The van der Waals surface area contributed by atoms with Crippen molar-refractivity contribution in [3.63, 3.8) is 0 Å². The lowest BCUT2D eigenvalue weighted by molar-refractivity contribution is -0.142. The van der Waals surface area contributed by atoms with Gasteiger partial charge in [0.15, 0.2) is 0 Å². The molecule has 0 radical (unpaired) electrons. The number of aromatic nitrogens is 2. The first-order chi connectivity index (χ1) is 10.1. The lowest BCUT2D eigenvalue weighted by Crippen LogP contribution is -2.48. The van der Waals surface area contributed by atoms with E-state index < -0.39 is 12.0 Å². The van der Waals surface area contributed by atoms with E-state index in [-0.39, 0.29) is 18.9 Å². The van der Waals surface area contributed by atoms with Gasteiger partial charge in [-0.2, -0.15) is 0 Å². The molecular weight excluding hydrogens is 290 g/mol. The molecule has 3 rings (SSSR count). The Hall–Kier alpha value is -2.15. The van der Waals surface area contributed by atoms with Gasteiger partial charge in [0.25, 0.3) is 5.91 Å². The number of carbonyl (C=O) groups is 2. The molecule has 0 aliphatic carbocycles. The number of amides is 1. The molecule has 110 valence electrons. The highest BCUT2D eigenvalue weighted by Gasteiger charge is 2.36. The third kappa shape index (κ3) is 2.44. The average Bonchev–Trinajstić information content (AvgIpc) is 3.13. The molecule has 3 heterocycles. The second-order valence-electron chi connectivity index (χ2n) is 4.94. The number of aliphatic carboxylic acids is 1. The molecule has 0 spiro atoms. The van der Waals surface area contributed by atoms with Crippen molar-refractivity contribution in [3.8, 4) is 0 Å². The maximum atomic E-state index is 12.6. The number of carbonyl (C=O) groups excluding carboxylic acids is 1. The largest absolute Gasteiger partial charge is 0.480 e. The van der Waals surface area contributed by atoms with Crippen LogP contribution < -0.4 is 0 Å². The van der Waals surface area contributed by atoms with Crippen molar-refractivity contribution >= 4 is 23.2 Å². The van der Waals surface area contributed by atoms with E-state index in [1.807, 2.05) is 13.0 Å². The number of H-pyrrole nitrogens is 1. The van der Waals surface area contributed by atoms with E-state index in [0.29, 0.717) is 4.88 Å². The van der Waals surface area contributed by atoms with Crippen molar-refractivity contribution < 1.29 is 14.7 Å². The van der Waals surface area contributed by atoms with Crippen molar-refractivity contribution in [1.82, 2.24) is 14.9 Å². The molecular formula is C14H15N3O3S. The lowest BCUT2D eigenvalue weighted by atomic mass is 10.0. The summed E-state index contributed by atoms with van der Waals surface area (Å²) in [4.78, 5) is 34.3. The standard InChI is InChI=1S/C14H15N3O3S/c1-2-8-3-4-12(21-8)13(18)17-6-10-9(15-7-16-10)5-11(17)14(19)20/h3-4,7,11H,2,5-6H2,1H3,(H,15,16)(H,19,20). The van der Waals surface area contributed by atoms with E-state index in [1.165, 1.54) is 22.6 Å². The number of thiophene rings is 1. The number of hydrogen-bond donors (Lipinski definition) is 2. The summed E-state index contributed by atoms with van der Waals surface area (Å²) < 4.78 is 0. The highest BCUT2D eigenvalue weighted by Crippen LogP contribution is 2.25. The van der Waals surface area contributed by atoms with Crippen LogP contribution in [0, 0.1) is 0 Å². The van der Waals surface area contributed by atoms with Gasteiger partial charge in [-0.25, -0.2) is 9.78 Å². The summed E-state index contributed by atoms with van der Waals surface area (Å²) >= 11 is 1.42. The molecule has 1 unspecified atom stereocenters. The fourth-order valence-electron chi connectivity index (χ4n) is 2.49. The van der Waals surface area contributed by atoms with Crippen LogP contribution in [0.4, 0.5) is 0 Å². The van der Waals surface area contributed by atoms with Gasteiger partial charge in [-0.3, -0.25) is 4.79 Å². The van der Waals surface area contributed by atoms with Gasteiger partial charge in [-0.05, 0) is 18.6 Å². The van der Waals surface area contributed by atoms with E-state index in [0.717, 1.165) is 22.7 Å². The first-order valence-corrected chi connectivity index (χ1v) is 7.55. The molecule has 6 nitrogen and oxygen atoms in total. The first-order valence-electron chi connectivity index (χ1n) is 6.73. The van der Waals surface area contributed by atoms with Crippen LogP contribution >= 0.6 is 11.3 Å². The van der Waals surface area contributed by atoms with Crippen LogP contribution in [0.1, 0.15) is 32.9 Å². The number of aromatic amines is 1. The molecule has 2 N–H and O–H groups in total. The zero-order valence-corrected chi connectivity index (χ0v) is 12.3. The van der Waals surface area contributed by atoms with Gasteiger partial charge in [0.05, 0.1) is 29.1 Å². The van der Waals surface area contributed by atoms with Crippen LogP contribution in [0.2, 0.25) is 0 Å². The molecule has 0 saturated carbocycles. The van der Waals surface area contributed by atoms with Crippen molar-refractivity contribution in [1.29, 1.82) is 0 Å². The van der Waals surface area contributed by atoms with Gasteiger partial charge >= 0.3 is 5.97 Å². The Bertz CT molecular complexity index is 691. The summed E-state index contributed by atoms with van der Waals surface area (Å²) in [6.07, 6.45) is 2.65. The average molecular weight is 305 g/mol. The molecule has 0 bridgehead atoms. The van der Waals surface area contributed by atoms with Crippen LogP contribution in [0.3, 0.4) is 0 Å². The number of aryl methyl sites for hydroxylation is 1. The van der Waals surface area contributed by atoms with Crippen LogP contribution in [0.25, 0.3) is 0 Å². The van der Waals surface area contributed by atoms with Crippen LogP contribution in [0.5, 0.6) is 0 Å². The fraction of sp³-hybridized carbons (Fsp3) is 0.357. The summed E-state index contributed by atoms with van der Waals surface area (Å²) in [5.74, 6) is -1.23. The number of rotatable bonds is 3. The monoisotopic (exact) mass is 305 g/mol. The number of fused-ring (bicyclic) bond motifs is 1. The Labute approximate surface area is 125 Å².